The molecule has 3 aromatic carbocycles. The molecule has 0 saturated carbocycles. The van der Waals surface area contributed by atoms with Crippen LogP contribution in [0.2, 0.25) is 0 Å². The number of carbonyl (C=O) groups excluding carboxylic acids is 1. The van der Waals surface area contributed by atoms with E-state index in [2.05, 4.69) is 10.3 Å². The minimum Gasteiger partial charge on any atom is -0.497 e. The minimum absolute atomic E-state index is 0.258. The lowest BCUT2D eigenvalue weighted by molar-refractivity contribution is 0.0937. The quantitative estimate of drug-likeness (QED) is 0.627. The van der Waals surface area contributed by atoms with Crippen molar-refractivity contribution in [2.24, 2.45) is 10.7 Å². The number of nitrogens with two attached hydrogens (primary N) is 1. The molecule has 1 amide bonds. The number of halogens is 1. The molecule has 4 rings (SSSR count). The molecule has 1 atom stereocenters. The van der Waals surface area contributed by atoms with Gasteiger partial charge in [0, 0.05) is 17.7 Å². The van der Waals surface area contributed by atoms with E-state index in [0.717, 1.165) is 27.8 Å². The van der Waals surface area contributed by atoms with Gasteiger partial charge >= 0.3 is 0 Å². The third-order valence-corrected chi connectivity index (χ3v) is 5.44. The van der Waals surface area contributed by atoms with Crippen LogP contribution in [0.25, 0.3) is 11.1 Å². The zero-order valence-corrected chi connectivity index (χ0v) is 17.5. The van der Waals surface area contributed by atoms with Gasteiger partial charge in [-0.1, -0.05) is 42.0 Å². The van der Waals surface area contributed by atoms with E-state index in [-0.39, 0.29) is 18.5 Å². The van der Waals surface area contributed by atoms with Crippen LogP contribution in [0.4, 0.5) is 4.39 Å². The summed E-state index contributed by atoms with van der Waals surface area (Å²) in [7, 11) is 1.55. The van der Waals surface area contributed by atoms with Crippen molar-refractivity contribution in [3.63, 3.8) is 0 Å². The van der Waals surface area contributed by atoms with Gasteiger partial charge in [-0.15, -0.1) is 0 Å². The van der Waals surface area contributed by atoms with Crippen LogP contribution in [-0.2, 0) is 6.54 Å². The van der Waals surface area contributed by atoms with E-state index in [1.54, 1.807) is 25.3 Å². The summed E-state index contributed by atoms with van der Waals surface area (Å²) in [5, 5.41) is 3.01. The Morgan fingerprint density at radius 3 is 2.74 bits per heavy atom. The molecule has 1 aliphatic heterocycles. The first-order valence-electron chi connectivity index (χ1n) is 10.1. The zero-order chi connectivity index (χ0) is 22.0. The molecule has 158 valence electrons. The summed E-state index contributed by atoms with van der Waals surface area (Å²) >= 11 is 0. The Morgan fingerprint density at radius 2 is 2.00 bits per heavy atom. The molecule has 31 heavy (non-hydrogen) atoms. The molecule has 0 saturated heterocycles. The number of nitrogens with one attached hydrogen (secondary N) is 1. The van der Waals surface area contributed by atoms with Crippen LogP contribution in [0.15, 0.2) is 65.7 Å². The van der Waals surface area contributed by atoms with E-state index in [9.17, 15) is 9.18 Å². The molecule has 0 aliphatic carbocycles. The van der Waals surface area contributed by atoms with Gasteiger partial charge in [-0.25, -0.2) is 0 Å². The number of rotatable bonds is 6. The summed E-state index contributed by atoms with van der Waals surface area (Å²) in [6.45, 7) is 2.62. The van der Waals surface area contributed by atoms with Gasteiger partial charge in [0.25, 0.3) is 5.91 Å². The maximum atomic E-state index is 14.0. The van der Waals surface area contributed by atoms with Gasteiger partial charge in [0.15, 0.2) is 0 Å². The van der Waals surface area contributed by atoms with Crippen molar-refractivity contribution in [2.45, 2.75) is 19.5 Å². The monoisotopic (exact) mass is 417 g/mol. The molecular weight excluding hydrogens is 393 g/mol. The zero-order valence-electron chi connectivity index (χ0n) is 17.5. The number of ether oxygens (including phenoxy) is 1. The highest BCUT2D eigenvalue weighted by Gasteiger charge is 2.19. The van der Waals surface area contributed by atoms with Crippen LogP contribution in [0.5, 0.6) is 5.75 Å². The van der Waals surface area contributed by atoms with Gasteiger partial charge in [-0.3, -0.25) is 9.79 Å². The van der Waals surface area contributed by atoms with E-state index >= 15 is 0 Å². The summed E-state index contributed by atoms with van der Waals surface area (Å²) < 4.78 is 19.4. The number of nitrogens with zero attached hydrogens (tertiary/aromatic N) is 1. The highest BCUT2D eigenvalue weighted by molar-refractivity contribution is 5.99. The van der Waals surface area contributed by atoms with Crippen LogP contribution < -0.4 is 15.8 Å². The maximum Gasteiger partial charge on any atom is 0.251 e. The standard InChI is InChI=1S/C25H24FN3O2/c1-15-4-3-5-17(8-15)23(13-27)29-25(30)20-9-19(10-21(11-20)31-2)16-6-7-18-14-28-24(26)22(18)12-16/h3-12,23H,13-14,27H2,1-2H3,(H,29,30). The first kappa shape index (κ1) is 20.8. The number of amides is 1. The Morgan fingerprint density at radius 1 is 1.16 bits per heavy atom. The summed E-state index contributed by atoms with van der Waals surface area (Å²) in [6.07, 6.45) is 0. The number of hydrogen-bond acceptors (Lipinski definition) is 4. The van der Waals surface area contributed by atoms with E-state index in [1.165, 1.54) is 0 Å². The number of aliphatic imine (C=N–C) groups is 1. The molecule has 0 aromatic heterocycles. The van der Waals surface area contributed by atoms with Crippen LogP contribution in [-0.4, -0.2) is 25.5 Å². The van der Waals surface area contributed by atoms with Gasteiger partial charge in [0.05, 0.1) is 19.7 Å². The number of aryl methyl sites for hydroxylation is 1. The van der Waals surface area contributed by atoms with Gasteiger partial charge in [0.1, 0.15) is 5.75 Å². The molecule has 3 N–H and O–H groups in total. The first-order chi connectivity index (χ1) is 15.0. The number of fused-ring (bicyclic) bond motifs is 1. The lowest BCUT2D eigenvalue weighted by Gasteiger charge is -2.18. The van der Waals surface area contributed by atoms with Gasteiger partial charge < -0.3 is 15.8 Å². The second-order valence-corrected chi connectivity index (χ2v) is 7.61. The van der Waals surface area contributed by atoms with Crippen LogP contribution in [0.1, 0.15) is 38.7 Å². The fraction of sp³-hybridized carbons (Fsp3) is 0.200. The van der Waals surface area contributed by atoms with Crippen molar-refractivity contribution in [3.05, 3.63) is 88.5 Å². The normalized spacial score (nSPS) is 13.4. The average Bonchev–Trinajstić information content (AvgIpc) is 3.17. The first-order valence-corrected chi connectivity index (χ1v) is 10.1. The van der Waals surface area contributed by atoms with E-state index < -0.39 is 5.97 Å². The molecule has 6 heteroatoms. The number of hydrogen-bond donors (Lipinski definition) is 2. The molecular formula is C25H24FN3O2. The average molecular weight is 417 g/mol. The summed E-state index contributed by atoms with van der Waals surface area (Å²) in [4.78, 5) is 16.9. The lowest BCUT2D eigenvalue weighted by atomic mass is 9.98. The van der Waals surface area contributed by atoms with Crippen molar-refractivity contribution >= 4 is 11.9 Å². The van der Waals surface area contributed by atoms with Crippen LogP contribution in [0.3, 0.4) is 0 Å². The number of benzene rings is 3. The topological polar surface area (TPSA) is 76.7 Å². The van der Waals surface area contributed by atoms with Gasteiger partial charge in [0.2, 0.25) is 5.97 Å². The highest BCUT2D eigenvalue weighted by atomic mass is 19.1. The number of methoxy groups -OCH3 is 1. The lowest BCUT2D eigenvalue weighted by Crippen LogP contribution is -2.33. The Labute approximate surface area is 180 Å². The molecule has 1 aliphatic rings. The van der Waals surface area contributed by atoms with E-state index in [4.69, 9.17) is 10.5 Å². The molecule has 1 unspecified atom stereocenters. The smallest absolute Gasteiger partial charge is 0.251 e. The SMILES string of the molecule is COc1cc(C(=O)NC(CN)c2cccc(C)c2)cc(-c2ccc3c(c2)C(F)=NC3)c1. The Hall–Kier alpha value is -3.51. The fourth-order valence-corrected chi connectivity index (χ4v) is 3.75. The van der Waals surface area contributed by atoms with Crippen molar-refractivity contribution < 1.29 is 13.9 Å². The summed E-state index contributed by atoms with van der Waals surface area (Å²) in [6, 6.07) is 18.4. The molecule has 3 aromatic rings. The molecule has 1 heterocycles. The van der Waals surface area contributed by atoms with Crippen LogP contribution >= 0.6 is 0 Å². The largest absolute Gasteiger partial charge is 0.497 e. The number of carbonyl (C=O) groups is 1. The van der Waals surface area contributed by atoms with E-state index in [0.29, 0.717) is 23.4 Å². The van der Waals surface area contributed by atoms with Crippen molar-refractivity contribution in [2.75, 3.05) is 13.7 Å². The predicted octanol–water partition coefficient (Wildman–Crippen LogP) is 4.33. The van der Waals surface area contributed by atoms with E-state index in [1.807, 2.05) is 49.4 Å². The molecule has 0 bridgehead atoms. The van der Waals surface area contributed by atoms with Gasteiger partial charge in [-0.05, 0) is 53.4 Å². The molecule has 5 nitrogen and oxygen atoms in total. The Balaban J connectivity index is 1.65. The second kappa shape index (κ2) is 8.70. The van der Waals surface area contributed by atoms with Crippen molar-refractivity contribution in [1.29, 1.82) is 0 Å². The Kier molecular flexibility index (Phi) is 5.82. The minimum atomic E-state index is -0.457. The summed E-state index contributed by atoms with van der Waals surface area (Å²) in [5.74, 6) is -0.176. The van der Waals surface area contributed by atoms with Gasteiger partial charge in [-0.2, -0.15) is 4.39 Å². The Bertz CT molecular complexity index is 1170. The maximum absolute atomic E-state index is 14.0. The van der Waals surface area contributed by atoms with Crippen molar-refractivity contribution in [1.82, 2.24) is 5.32 Å². The van der Waals surface area contributed by atoms with Crippen LogP contribution in [0, 0.1) is 6.92 Å². The molecule has 0 fully saturated rings. The molecule has 0 radical (unpaired) electrons. The third kappa shape index (κ3) is 4.34. The summed E-state index contributed by atoms with van der Waals surface area (Å²) in [5.41, 5.74) is 11.3. The fourth-order valence-electron chi connectivity index (χ4n) is 3.75. The second-order valence-electron chi connectivity index (χ2n) is 7.61. The van der Waals surface area contributed by atoms with Crippen molar-refractivity contribution in [3.8, 4) is 16.9 Å². The highest BCUT2D eigenvalue weighted by Crippen LogP contribution is 2.30. The predicted molar refractivity (Wildman–Crippen MR) is 120 cm³/mol. The molecule has 0 spiro atoms. The third-order valence-electron chi connectivity index (χ3n) is 5.44.